The van der Waals surface area contributed by atoms with Crippen LogP contribution in [0.25, 0.3) is 0 Å². The number of nitrogens with two attached hydrogens (primary N) is 1. The van der Waals surface area contributed by atoms with Crippen molar-refractivity contribution in [3.05, 3.63) is 28.8 Å². The van der Waals surface area contributed by atoms with Gasteiger partial charge in [-0.1, -0.05) is 37.2 Å². The summed E-state index contributed by atoms with van der Waals surface area (Å²) >= 11 is 10.8. The van der Waals surface area contributed by atoms with Gasteiger partial charge in [-0.25, -0.2) is 13.1 Å². The lowest BCUT2D eigenvalue weighted by Crippen LogP contribution is -2.27. The molecular weight excluding hydrogens is 316 g/mol. The first-order chi connectivity index (χ1) is 9.35. The van der Waals surface area contributed by atoms with E-state index in [-0.39, 0.29) is 20.9 Å². The van der Waals surface area contributed by atoms with Crippen LogP contribution in [-0.2, 0) is 10.0 Å². The number of hydrogen-bond acceptors (Lipinski definition) is 3. The van der Waals surface area contributed by atoms with E-state index in [9.17, 15) is 8.42 Å². The fourth-order valence-corrected chi connectivity index (χ4v) is 4.14. The van der Waals surface area contributed by atoms with Gasteiger partial charge in [-0.2, -0.15) is 0 Å². The summed E-state index contributed by atoms with van der Waals surface area (Å²) in [5.41, 5.74) is 5.98. The molecule has 1 aromatic rings. The molecule has 0 spiro atoms. The van der Waals surface area contributed by atoms with Crippen LogP contribution in [0.2, 0.25) is 5.02 Å². The van der Waals surface area contributed by atoms with Gasteiger partial charge in [0.2, 0.25) is 10.0 Å². The first kappa shape index (κ1) is 15.7. The summed E-state index contributed by atoms with van der Waals surface area (Å²) in [7, 11) is -3.53. The highest BCUT2D eigenvalue weighted by Gasteiger charge is 2.39. The minimum Gasteiger partial charge on any atom is -0.389 e. The van der Waals surface area contributed by atoms with E-state index in [4.69, 9.17) is 29.6 Å². The predicted molar refractivity (Wildman–Crippen MR) is 84.5 cm³/mol. The zero-order chi connectivity index (χ0) is 14.9. The van der Waals surface area contributed by atoms with E-state index in [1.165, 1.54) is 18.2 Å². The lowest BCUT2D eigenvalue weighted by atomic mass is 10.2. The van der Waals surface area contributed by atoms with Gasteiger partial charge in [0.25, 0.3) is 0 Å². The zero-order valence-corrected chi connectivity index (χ0v) is 13.5. The molecule has 1 aromatic carbocycles. The average Bonchev–Trinajstić information content (AvgIpc) is 3.06. The molecule has 0 heterocycles. The third-order valence-corrected chi connectivity index (χ3v) is 5.43. The highest BCUT2D eigenvalue weighted by Crippen LogP contribution is 2.35. The number of nitrogens with one attached hydrogen (secondary N) is 1. The summed E-state index contributed by atoms with van der Waals surface area (Å²) in [5, 5.41) is 0.251. The van der Waals surface area contributed by atoms with Crippen molar-refractivity contribution >= 4 is 38.8 Å². The summed E-state index contributed by atoms with van der Waals surface area (Å²) in [6, 6.07) is 4.44. The van der Waals surface area contributed by atoms with Crippen molar-refractivity contribution in [1.82, 2.24) is 4.72 Å². The molecule has 7 heteroatoms. The Morgan fingerprint density at radius 2 is 2.25 bits per heavy atom. The summed E-state index contributed by atoms with van der Waals surface area (Å²) in [6.45, 7) is 2.10. The highest BCUT2D eigenvalue weighted by atomic mass is 35.5. The third kappa shape index (κ3) is 3.49. The van der Waals surface area contributed by atoms with Crippen LogP contribution in [0.1, 0.15) is 31.7 Å². The van der Waals surface area contributed by atoms with Crippen LogP contribution in [0.3, 0.4) is 0 Å². The normalized spacial score (nSPS) is 21.7. The van der Waals surface area contributed by atoms with Gasteiger partial charge in [0.05, 0.1) is 9.92 Å². The second kappa shape index (κ2) is 5.97. The first-order valence-electron chi connectivity index (χ1n) is 6.47. The van der Waals surface area contributed by atoms with Gasteiger partial charge in [0.1, 0.15) is 4.99 Å². The van der Waals surface area contributed by atoms with Crippen molar-refractivity contribution in [2.24, 2.45) is 11.7 Å². The lowest BCUT2D eigenvalue weighted by Gasteiger charge is -2.08. The largest absolute Gasteiger partial charge is 0.389 e. The minimum atomic E-state index is -3.53. The number of rotatable bonds is 6. The second-order valence-electron chi connectivity index (χ2n) is 5.02. The molecule has 0 saturated heterocycles. The van der Waals surface area contributed by atoms with E-state index in [1.807, 2.05) is 0 Å². The van der Waals surface area contributed by atoms with E-state index in [0.29, 0.717) is 11.5 Å². The molecule has 0 amide bonds. The quantitative estimate of drug-likeness (QED) is 0.785. The van der Waals surface area contributed by atoms with E-state index in [1.54, 1.807) is 0 Å². The second-order valence-corrected chi connectivity index (χ2v) is 7.58. The molecule has 0 radical (unpaired) electrons. The molecule has 0 bridgehead atoms. The maximum Gasteiger partial charge on any atom is 0.240 e. The Balaban J connectivity index is 2.14. The van der Waals surface area contributed by atoms with Crippen LogP contribution in [0.4, 0.5) is 0 Å². The molecule has 2 rings (SSSR count). The fourth-order valence-electron chi connectivity index (χ4n) is 2.21. The molecule has 1 saturated carbocycles. The maximum absolute atomic E-state index is 12.2. The van der Waals surface area contributed by atoms with Crippen LogP contribution in [0.5, 0.6) is 0 Å². The molecule has 1 aliphatic carbocycles. The minimum absolute atomic E-state index is 0.0500. The number of hydrogen-bond donors (Lipinski definition) is 2. The Morgan fingerprint density at radius 1 is 1.55 bits per heavy atom. The van der Waals surface area contributed by atoms with Crippen LogP contribution in [-0.4, -0.2) is 19.4 Å². The van der Waals surface area contributed by atoms with Gasteiger partial charge >= 0.3 is 0 Å². The smallest absolute Gasteiger partial charge is 0.240 e. The fraction of sp³-hybridized carbons (Fsp3) is 0.462. The molecule has 0 aromatic heterocycles. The lowest BCUT2D eigenvalue weighted by molar-refractivity contribution is 0.573. The van der Waals surface area contributed by atoms with Crippen LogP contribution < -0.4 is 10.5 Å². The Hall–Kier alpha value is -0.690. The van der Waals surface area contributed by atoms with Crippen molar-refractivity contribution in [3.63, 3.8) is 0 Å². The van der Waals surface area contributed by atoms with Gasteiger partial charge in [-0.3, -0.25) is 0 Å². The predicted octanol–water partition coefficient (Wildman–Crippen LogP) is 2.44. The molecule has 110 valence electrons. The molecule has 0 aliphatic heterocycles. The van der Waals surface area contributed by atoms with Crippen LogP contribution in [0.15, 0.2) is 23.1 Å². The topological polar surface area (TPSA) is 72.2 Å². The SMILES string of the molecule is CCCC1CC1NS(=O)(=O)c1ccc(C(N)=S)c(Cl)c1. The molecule has 2 unspecified atom stereocenters. The van der Waals surface area contributed by atoms with Crippen LogP contribution >= 0.6 is 23.8 Å². The van der Waals surface area contributed by atoms with E-state index < -0.39 is 10.0 Å². The van der Waals surface area contributed by atoms with Crippen molar-refractivity contribution < 1.29 is 8.42 Å². The molecule has 3 N–H and O–H groups in total. The molecular formula is C13H17ClN2O2S2. The Morgan fingerprint density at radius 3 is 2.80 bits per heavy atom. The van der Waals surface area contributed by atoms with Gasteiger partial charge in [0, 0.05) is 11.6 Å². The van der Waals surface area contributed by atoms with Crippen molar-refractivity contribution in [1.29, 1.82) is 0 Å². The standard InChI is InChI=1S/C13H17ClN2O2S2/c1-2-3-8-6-12(8)16-20(17,18)9-4-5-10(13(15)19)11(14)7-9/h4-5,7-8,12,16H,2-3,6H2,1H3,(H2,15,19). The van der Waals surface area contributed by atoms with E-state index >= 15 is 0 Å². The van der Waals surface area contributed by atoms with Crippen LogP contribution in [0, 0.1) is 5.92 Å². The maximum atomic E-state index is 12.2. The van der Waals surface area contributed by atoms with Crippen molar-refractivity contribution in [2.75, 3.05) is 0 Å². The number of halogens is 1. The number of thiocarbonyl (C=S) groups is 1. The summed E-state index contributed by atoms with van der Waals surface area (Å²) in [6.07, 6.45) is 3.03. The molecule has 1 aliphatic rings. The van der Waals surface area contributed by atoms with Gasteiger partial charge in [-0.15, -0.1) is 0 Å². The zero-order valence-electron chi connectivity index (χ0n) is 11.1. The molecule has 4 nitrogen and oxygen atoms in total. The Labute approximate surface area is 129 Å². The number of sulfonamides is 1. The van der Waals surface area contributed by atoms with Gasteiger partial charge in [-0.05, 0) is 37.0 Å². The highest BCUT2D eigenvalue weighted by molar-refractivity contribution is 7.89. The molecule has 20 heavy (non-hydrogen) atoms. The van der Waals surface area contributed by atoms with E-state index in [2.05, 4.69) is 11.6 Å². The van der Waals surface area contributed by atoms with E-state index in [0.717, 1.165) is 19.3 Å². The Kier molecular flexibility index (Phi) is 4.69. The summed E-state index contributed by atoms with van der Waals surface area (Å²) in [4.78, 5) is 0.293. The third-order valence-electron chi connectivity index (χ3n) is 3.40. The molecule has 2 atom stereocenters. The average molecular weight is 333 g/mol. The van der Waals surface area contributed by atoms with Gasteiger partial charge in [0.15, 0.2) is 0 Å². The van der Waals surface area contributed by atoms with Gasteiger partial charge < -0.3 is 5.73 Å². The monoisotopic (exact) mass is 332 g/mol. The first-order valence-corrected chi connectivity index (χ1v) is 8.73. The summed E-state index contributed by atoms with van der Waals surface area (Å²) < 4.78 is 27.2. The van der Waals surface area contributed by atoms with Crippen molar-refractivity contribution in [2.45, 2.75) is 37.1 Å². The molecule has 1 fully saturated rings. The van der Waals surface area contributed by atoms with Crippen molar-refractivity contribution in [3.8, 4) is 0 Å². The summed E-state index contributed by atoms with van der Waals surface area (Å²) in [5.74, 6) is 0.459. The Bertz CT molecular complexity index is 631. The number of benzene rings is 1.